The Kier molecular flexibility index (Phi) is 4.76. The summed E-state index contributed by atoms with van der Waals surface area (Å²) in [6.07, 6.45) is 3.86. The van der Waals surface area contributed by atoms with E-state index in [0.717, 1.165) is 25.2 Å². The normalized spacial score (nSPS) is 20.1. The summed E-state index contributed by atoms with van der Waals surface area (Å²) in [4.78, 5) is 16.3. The van der Waals surface area contributed by atoms with Gasteiger partial charge in [-0.2, -0.15) is 0 Å². The van der Waals surface area contributed by atoms with Crippen LogP contribution in [0, 0.1) is 5.92 Å². The van der Waals surface area contributed by atoms with Crippen molar-refractivity contribution in [3.05, 3.63) is 35.9 Å². The number of hydrogen-bond acceptors (Lipinski definition) is 3. The summed E-state index contributed by atoms with van der Waals surface area (Å²) in [5.74, 6) is 0.632. The Morgan fingerprint density at radius 1 is 1.10 bits per heavy atom. The number of rotatable bonds is 4. The third kappa shape index (κ3) is 3.97. The average Bonchev–Trinajstić information content (AvgIpc) is 2.50. The Balaban J connectivity index is 1.34. The molecule has 0 atom stereocenters. The first-order valence-corrected chi connectivity index (χ1v) is 7.99. The topological polar surface area (TPSA) is 32.8 Å². The summed E-state index contributed by atoms with van der Waals surface area (Å²) >= 11 is 0. The molecule has 0 bridgehead atoms. The molecule has 0 aromatic heterocycles. The molecule has 2 heterocycles. The van der Waals surface area contributed by atoms with Crippen LogP contribution in [0.5, 0.6) is 0 Å². The molecule has 0 radical (unpaired) electrons. The van der Waals surface area contributed by atoms with Crippen LogP contribution in [0.15, 0.2) is 30.3 Å². The van der Waals surface area contributed by atoms with Gasteiger partial charge in [0.15, 0.2) is 0 Å². The second-order valence-electron chi connectivity index (χ2n) is 6.17. The predicted molar refractivity (Wildman–Crippen MR) is 82.0 cm³/mol. The fourth-order valence-electron chi connectivity index (χ4n) is 3.15. The van der Waals surface area contributed by atoms with Crippen LogP contribution in [0.4, 0.5) is 4.79 Å². The van der Waals surface area contributed by atoms with E-state index >= 15 is 0 Å². The van der Waals surface area contributed by atoms with Gasteiger partial charge in [0.25, 0.3) is 0 Å². The fraction of sp³-hybridized carbons (Fsp3) is 0.588. The van der Waals surface area contributed by atoms with Gasteiger partial charge in [-0.25, -0.2) is 4.79 Å². The molecular weight excluding hydrogens is 264 g/mol. The molecular formula is C17H24N2O2. The van der Waals surface area contributed by atoms with E-state index in [4.69, 9.17) is 4.74 Å². The number of ether oxygens (including phenoxy) is 1. The minimum absolute atomic E-state index is 0.172. The number of carbonyl (C=O) groups excluding carboxylic acids is 1. The lowest BCUT2D eigenvalue weighted by molar-refractivity contribution is 0.0346. The highest BCUT2D eigenvalue weighted by Crippen LogP contribution is 2.20. The van der Waals surface area contributed by atoms with Gasteiger partial charge in [-0.3, -0.25) is 0 Å². The number of benzene rings is 1. The van der Waals surface area contributed by atoms with Crippen molar-refractivity contribution < 1.29 is 9.53 Å². The number of amides is 1. The van der Waals surface area contributed by atoms with Gasteiger partial charge in [-0.1, -0.05) is 36.8 Å². The second-order valence-corrected chi connectivity index (χ2v) is 6.17. The van der Waals surface area contributed by atoms with E-state index in [1.54, 1.807) is 0 Å². The lowest BCUT2D eigenvalue weighted by atomic mass is 9.99. The van der Waals surface area contributed by atoms with Crippen LogP contribution >= 0.6 is 0 Å². The second kappa shape index (κ2) is 6.94. The molecule has 1 aromatic rings. The van der Waals surface area contributed by atoms with Crippen molar-refractivity contribution in [2.45, 2.75) is 25.9 Å². The maximum absolute atomic E-state index is 11.9. The third-order valence-corrected chi connectivity index (χ3v) is 4.39. The lowest BCUT2D eigenvalue weighted by Gasteiger charge is -2.41. The van der Waals surface area contributed by atoms with Crippen LogP contribution in [-0.4, -0.2) is 48.6 Å². The van der Waals surface area contributed by atoms with E-state index in [1.807, 2.05) is 35.2 Å². The number of likely N-dealkylation sites (tertiary alicyclic amines) is 2. The molecule has 4 heteroatoms. The van der Waals surface area contributed by atoms with Gasteiger partial charge in [0.2, 0.25) is 0 Å². The molecule has 1 aromatic carbocycles. The van der Waals surface area contributed by atoms with E-state index < -0.39 is 0 Å². The van der Waals surface area contributed by atoms with Crippen molar-refractivity contribution in [3.63, 3.8) is 0 Å². The first-order valence-electron chi connectivity index (χ1n) is 7.99. The highest BCUT2D eigenvalue weighted by atomic mass is 16.6. The molecule has 2 fully saturated rings. The predicted octanol–water partition coefficient (Wildman–Crippen LogP) is 2.74. The molecule has 0 spiro atoms. The minimum Gasteiger partial charge on any atom is -0.445 e. The summed E-state index contributed by atoms with van der Waals surface area (Å²) in [6, 6.07) is 9.83. The summed E-state index contributed by atoms with van der Waals surface area (Å²) in [5.41, 5.74) is 1.04. The van der Waals surface area contributed by atoms with Crippen molar-refractivity contribution in [2.24, 2.45) is 5.92 Å². The summed E-state index contributed by atoms with van der Waals surface area (Å²) in [6.45, 7) is 5.67. The smallest absolute Gasteiger partial charge is 0.410 e. The number of carbonyl (C=O) groups is 1. The van der Waals surface area contributed by atoms with Crippen molar-refractivity contribution in [1.29, 1.82) is 0 Å². The fourth-order valence-corrected chi connectivity index (χ4v) is 3.15. The molecule has 0 saturated carbocycles. The van der Waals surface area contributed by atoms with E-state index in [-0.39, 0.29) is 6.09 Å². The zero-order valence-corrected chi connectivity index (χ0v) is 12.5. The van der Waals surface area contributed by atoms with Gasteiger partial charge in [0.1, 0.15) is 6.61 Å². The van der Waals surface area contributed by atoms with Crippen LogP contribution in [0.25, 0.3) is 0 Å². The molecule has 21 heavy (non-hydrogen) atoms. The van der Waals surface area contributed by atoms with Gasteiger partial charge in [-0.15, -0.1) is 0 Å². The molecule has 3 rings (SSSR count). The molecule has 2 saturated heterocycles. The van der Waals surface area contributed by atoms with E-state index in [2.05, 4.69) is 4.90 Å². The van der Waals surface area contributed by atoms with Gasteiger partial charge >= 0.3 is 6.09 Å². The molecule has 0 aliphatic carbocycles. The minimum atomic E-state index is -0.172. The van der Waals surface area contributed by atoms with Crippen LogP contribution < -0.4 is 0 Å². The van der Waals surface area contributed by atoms with Gasteiger partial charge in [0.05, 0.1) is 0 Å². The van der Waals surface area contributed by atoms with Crippen molar-refractivity contribution in [3.8, 4) is 0 Å². The van der Waals surface area contributed by atoms with Gasteiger partial charge in [-0.05, 0) is 31.5 Å². The Morgan fingerprint density at radius 3 is 2.52 bits per heavy atom. The molecule has 0 unspecified atom stereocenters. The number of hydrogen-bond donors (Lipinski definition) is 0. The molecule has 1 amide bonds. The molecule has 2 aliphatic heterocycles. The Labute approximate surface area is 126 Å². The Bertz CT molecular complexity index is 451. The van der Waals surface area contributed by atoms with Gasteiger partial charge in [0, 0.05) is 25.6 Å². The Morgan fingerprint density at radius 2 is 1.81 bits per heavy atom. The van der Waals surface area contributed by atoms with E-state index in [0.29, 0.717) is 12.5 Å². The summed E-state index contributed by atoms with van der Waals surface area (Å²) in [5, 5.41) is 0. The van der Waals surface area contributed by atoms with Crippen molar-refractivity contribution in [2.75, 3.05) is 32.7 Å². The SMILES string of the molecule is O=C(OCc1ccccc1)N1CC(CN2CCCCC2)C1. The zero-order chi connectivity index (χ0) is 14.5. The molecule has 114 valence electrons. The third-order valence-electron chi connectivity index (χ3n) is 4.39. The highest BCUT2D eigenvalue weighted by Gasteiger charge is 2.32. The number of nitrogens with zero attached hydrogens (tertiary/aromatic N) is 2. The van der Waals surface area contributed by atoms with Crippen molar-refractivity contribution >= 4 is 6.09 Å². The molecule has 2 aliphatic rings. The maximum Gasteiger partial charge on any atom is 0.410 e. The van der Waals surface area contributed by atoms with Crippen molar-refractivity contribution in [1.82, 2.24) is 9.80 Å². The first kappa shape index (κ1) is 14.4. The summed E-state index contributed by atoms with van der Waals surface area (Å²) in [7, 11) is 0. The maximum atomic E-state index is 11.9. The van der Waals surface area contributed by atoms with Crippen LogP contribution in [-0.2, 0) is 11.3 Å². The van der Waals surface area contributed by atoms with E-state index in [1.165, 1.54) is 32.4 Å². The Hall–Kier alpha value is -1.55. The molecule has 0 N–H and O–H groups in total. The first-order chi connectivity index (χ1) is 10.3. The molecule has 4 nitrogen and oxygen atoms in total. The number of piperidine rings is 1. The highest BCUT2D eigenvalue weighted by molar-refractivity contribution is 5.68. The zero-order valence-electron chi connectivity index (χ0n) is 12.5. The monoisotopic (exact) mass is 288 g/mol. The van der Waals surface area contributed by atoms with Gasteiger partial charge < -0.3 is 14.5 Å². The average molecular weight is 288 g/mol. The van der Waals surface area contributed by atoms with Crippen LogP contribution in [0.3, 0.4) is 0 Å². The van der Waals surface area contributed by atoms with Crippen LogP contribution in [0.1, 0.15) is 24.8 Å². The van der Waals surface area contributed by atoms with E-state index in [9.17, 15) is 4.79 Å². The summed E-state index contributed by atoms with van der Waals surface area (Å²) < 4.78 is 5.34. The standard InChI is InChI=1S/C17H24N2O2/c20-17(21-14-15-7-3-1-4-8-15)19-12-16(13-19)11-18-9-5-2-6-10-18/h1,3-4,7-8,16H,2,5-6,9-14H2. The quantitative estimate of drug-likeness (QED) is 0.854. The largest absolute Gasteiger partial charge is 0.445 e. The van der Waals surface area contributed by atoms with Crippen LogP contribution in [0.2, 0.25) is 0 Å². The lowest BCUT2D eigenvalue weighted by Crippen LogP contribution is -2.54.